The zero-order chi connectivity index (χ0) is 13.1. The number of rotatable bonds is 4. The van der Waals surface area contributed by atoms with Crippen molar-refractivity contribution in [3.05, 3.63) is 28.5 Å². The topological polar surface area (TPSA) is 55.1 Å². The molecule has 18 heavy (non-hydrogen) atoms. The van der Waals surface area contributed by atoms with Gasteiger partial charge >= 0.3 is 0 Å². The Kier molecular flexibility index (Phi) is 6.81. The molecule has 0 aromatic heterocycles. The van der Waals surface area contributed by atoms with E-state index in [1.54, 1.807) is 6.92 Å². The van der Waals surface area contributed by atoms with Crippen molar-refractivity contribution in [2.75, 3.05) is 5.32 Å². The summed E-state index contributed by atoms with van der Waals surface area (Å²) < 4.78 is 13.3. The van der Waals surface area contributed by atoms with Gasteiger partial charge in [-0.1, -0.05) is 13.3 Å². The van der Waals surface area contributed by atoms with Crippen LogP contribution in [0.2, 0.25) is 0 Å². The summed E-state index contributed by atoms with van der Waals surface area (Å²) in [5, 5.41) is 2.67. The summed E-state index contributed by atoms with van der Waals surface area (Å²) in [5.41, 5.74) is 5.51. The van der Waals surface area contributed by atoms with E-state index in [0.717, 1.165) is 6.42 Å². The summed E-state index contributed by atoms with van der Waals surface area (Å²) in [7, 11) is 0. The van der Waals surface area contributed by atoms with Gasteiger partial charge in [0.05, 0.1) is 10.0 Å². The van der Waals surface area contributed by atoms with Crippen molar-refractivity contribution in [2.45, 2.75) is 32.2 Å². The normalized spacial score (nSPS) is 13.4. The monoisotopic (exact) mass is 338 g/mol. The first-order valence-electron chi connectivity index (χ1n) is 5.42. The number of carbonyl (C=O) groups excluding carboxylic acids is 1. The molecular weight excluding hydrogens is 322 g/mol. The molecule has 6 heteroatoms. The first-order valence-corrected chi connectivity index (χ1v) is 6.21. The predicted molar refractivity (Wildman–Crippen MR) is 77.5 cm³/mol. The lowest BCUT2D eigenvalue weighted by Gasteiger charge is -2.22. The van der Waals surface area contributed by atoms with Gasteiger partial charge in [-0.15, -0.1) is 12.4 Å². The van der Waals surface area contributed by atoms with Crippen LogP contribution in [0.3, 0.4) is 0 Å². The van der Waals surface area contributed by atoms with Crippen LogP contribution in [0.1, 0.15) is 26.7 Å². The highest BCUT2D eigenvalue weighted by molar-refractivity contribution is 9.10. The summed E-state index contributed by atoms with van der Waals surface area (Å²) in [5.74, 6) is -0.634. The standard InChI is InChI=1S/C12H16BrFN2O.ClH/c1-3-6-12(2,15)11(17)16-8-4-5-10(14)9(13)7-8;/h4-5,7H,3,6,15H2,1-2H3,(H,16,17);1H. The smallest absolute Gasteiger partial charge is 0.244 e. The number of nitrogens with two attached hydrogens (primary N) is 1. The van der Waals surface area contributed by atoms with Crippen LogP contribution in [0.4, 0.5) is 10.1 Å². The van der Waals surface area contributed by atoms with Gasteiger partial charge in [-0.2, -0.15) is 0 Å². The molecular formula is C12H17BrClFN2O. The summed E-state index contributed by atoms with van der Waals surface area (Å²) in [4.78, 5) is 11.9. The Bertz CT molecular complexity index is 427. The summed E-state index contributed by atoms with van der Waals surface area (Å²) in [6, 6.07) is 4.29. The molecule has 0 spiro atoms. The van der Waals surface area contributed by atoms with Crippen LogP contribution < -0.4 is 11.1 Å². The maximum atomic E-state index is 13.0. The molecule has 1 rings (SSSR count). The number of halogens is 3. The summed E-state index contributed by atoms with van der Waals surface area (Å²) >= 11 is 3.06. The van der Waals surface area contributed by atoms with Crippen molar-refractivity contribution in [3.8, 4) is 0 Å². The molecule has 3 N–H and O–H groups in total. The second-order valence-corrected chi connectivity index (χ2v) is 5.10. The first-order chi connectivity index (χ1) is 7.86. The molecule has 0 fully saturated rings. The molecule has 0 saturated heterocycles. The minimum absolute atomic E-state index is 0. The highest BCUT2D eigenvalue weighted by Crippen LogP contribution is 2.21. The average Bonchev–Trinajstić information content (AvgIpc) is 2.23. The second-order valence-electron chi connectivity index (χ2n) is 4.25. The van der Waals surface area contributed by atoms with Crippen LogP contribution in [0.5, 0.6) is 0 Å². The molecule has 0 heterocycles. The van der Waals surface area contributed by atoms with Crippen molar-refractivity contribution in [1.29, 1.82) is 0 Å². The molecule has 3 nitrogen and oxygen atoms in total. The van der Waals surface area contributed by atoms with Crippen LogP contribution >= 0.6 is 28.3 Å². The lowest BCUT2D eigenvalue weighted by Crippen LogP contribution is -2.48. The van der Waals surface area contributed by atoms with Gasteiger partial charge in [0.2, 0.25) is 5.91 Å². The molecule has 0 bridgehead atoms. The summed E-state index contributed by atoms with van der Waals surface area (Å²) in [6.07, 6.45) is 1.43. The van der Waals surface area contributed by atoms with Crippen molar-refractivity contribution in [2.24, 2.45) is 5.73 Å². The summed E-state index contributed by atoms with van der Waals surface area (Å²) in [6.45, 7) is 3.65. The van der Waals surface area contributed by atoms with Gasteiger partial charge in [0.25, 0.3) is 0 Å². The third kappa shape index (κ3) is 4.55. The number of nitrogens with one attached hydrogen (secondary N) is 1. The van der Waals surface area contributed by atoms with Gasteiger partial charge in [-0.25, -0.2) is 4.39 Å². The van der Waals surface area contributed by atoms with Gasteiger partial charge in [0.15, 0.2) is 0 Å². The van der Waals surface area contributed by atoms with Crippen LogP contribution in [-0.2, 0) is 4.79 Å². The third-order valence-corrected chi connectivity index (χ3v) is 3.07. The number of hydrogen-bond donors (Lipinski definition) is 2. The molecule has 1 amide bonds. The number of amides is 1. The minimum Gasteiger partial charge on any atom is -0.324 e. The van der Waals surface area contributed by atoms with Crippen LogP contribution in [0.25, 0.3) is 0 Å². The van der Waals surface area contributed by atoms with Gasteiger partial charge < -0.3 is 11.1 Å². The fourth-order valence-electron chi connectivity index (χ4n) is 1.48. The van der Waals surface area contributed by atoms with Crippen LogP contribution in [0, 0.1) is 5.82 Å². The van der Waals surface area contributed by atoms with E-state index in [1.807, 2.05) is 6.92 Å². The molecule has 0 radical (unpaired) electrons. The van der Waals surface area contributed by atoms with Crippen molar-refractivity contribution in [1.82, 2.24) is 0 Å². The molecule has 102 valence electrons. The largest absolute Gasteiger partial charge is 0.324 e. The molecule has 0 saturated carbocycles. The molecule has 1 aromatic rings. The van der Waals surface area contributed by atoms with Gasteiger partial charge in [-0.3, -0.25) is 4.79 Å². The highest BCUT2D eigenvalue weighted by Gasteiger charge is 2.27. The maximum Gasteiger partial charge on any atom is 0.244 e. The molecule has 1 unspecified atom stereocenters. The van der Waals surface area contributed by atoms with E-state index >= 15 is 0 Å². The van der Waals surface area contributed by atoms with Crippen LogP contribution in [-0.4, -0.2) is 11.4 Å². The highest BCUT2D eigenvalue weighted by atomic mass is 79.9. The van der Waals surface area contributed by atoms with Crippen molar-refractivity contribution < 1.29 is 9.18 Å². The lowest BCUT2D eigenvalue weighted by molar-refractivity contribution is -0.120. The molecule has 0 aliphatic carbocycles. The lowest BCUT2D eigenvalue weighted by atomic mass is 9.96. The average molecular weight is 340 g/mol. The predicted octanol–water partition coefficient (Wildman–Crippen LogP) is 3.47. The van der Waals surface area contributed by atoms with E-state index in [2.05, 4.69) is 21.2 Å². The number of carbonyl (C=O) groups is 1. The van der Waals surface area contributed by atoms with Gasteiger partial charge in [0.1, 0.15) is 5.82 Å². The Balaban J connectivity index is 0.00000289. The SMILES string of the molecule is CCCC(C)(N)C(=O)Nc1ccc(F)c(Br)c1.Cl. The van der Waals surface area contributed by atoms with E-state index in [0.29, 0.717) is 16.6 Å². The Hall–Kier alpha value is -0.650. The number of hydrogen-bond acceptors (Lipinski definition) is 2. The quantitative estimate of drug-likeness (QED) is 0.882. The fourth-order valence-corrected chi connectivity index (χ4v) is 1.86. The van der Waals surface area contributed by atoms with Gasteiger partial charge in [-0.05, 0) is 47.5 Å². The third-order valence-electron chi connectivity index (χ3n) is 2.47. The Labute approximate surface area is 121 Å². The zero-order valence-corrected chi connectivity index (χ0v) is 12.7. The minimum atomic E-state index is -0.907. The van der Waals surface area contributed by atoms with E-state index in [-0.39, 0.29) is 24.1 Å². The van der Waals surface area contributed by atoms with Crippen molar-refractivity contribution in [3.63, 3.8) is 0 Å². The molecule has 0 aliphatic rings. The van der Waals surface area contributed by atoms with E-state index in [1.165, 1.54) is 18.2 Å². The number of anilines is 1. The maximum absolute atomic E-state index is 13.0. The van der Waals surface area contributed by atoms with Crippen LogP contribution in [0.15, 0.2) is 22.7 Å². The Morgan fingerprint density at radius 3 is 2.67 bits per heavy atom. The van der Waals surface area contributed by atoms with Crippen molar-refractivity contribution >= 4 is 39.9 Å². The first kappa shape index (κ1) is 17.4. The fraction of sp³-hybridized carbons (Fsp3) is 0.417. The number of benzene rings is 1. The second kappa shape index (κ2) is 7.07. The molecule has 0 aliphatic heterocycles. The Morgan fingerprint density at radius 2 is 2.17 bits per heavy atom. The molecule has 1 atom stereocenters. The molecule has 1 aromatic carbocycles. The Morgan fingerprint density at radius 1 is 1.56 bits per heavy atom. The van der Waals surface area contributed by atoms with E-state index < -0.39 is 5.54 Å². The van der Waals surface area contributed by atoms with E-state index in [9.17, 15) is 9.18 Å². The zero-order valence-electron chi connectivity index (χ0n) is 10.3. The van der Waals surface area contributed by atoms with E-state index in [4.69, 9.17) is 5.73 Å². The van der Waals surface area contributed by atoms with Gasteiger partial charge in [0, 0.05) is 5.69 Å².